The number of rotatable bonds is 4. The second-order valence-corrected chi connectivity index (χ2v) is 10.8. The highest BCUT2D eigenvalue weighted by Crippen LogP contribution is 2.24. The van der Waals surface area contributed by atoms with Crippen molar-refractivity contribution >= 4 is 39.3 Å². The summed E-state index contributed by atoms with van der Waals surface area (Å²) in [5, 5.41) is 2.42. The molecule has 3 rings (SSSR count). The zero-order valence-corrected chi connectivity index (χ0v) is 20.0. The predicted octanol–water partition coefficient (Wildman–Crippen LogP) is 3.73. The molecular formula is C22H25ClFN3O5S. The van der Waals surface area contributed by atoms with Crippen molar-refractivity contribution in [3.05, 3.63) is 59.4 Å². The average molecular weight is 498 g/mol. The van der Waals surface area contributed by atoms with E-state index >= 15 is 0 Å². The first kappa shape index (κ1) is 24.9. The summed E-state index contributed by atoms with van der Waals surface area (Å²) in [7, 11) is -3.90. The Morgan fingerprint density at radius 2 is 1.79 bits per heavy atom. The van der Waals surface area contributed by atoms with Crippen LogP contribution in [0.15, 0.2) is 53.4 Å². The van der Waals surface area contributed by atoms with Crippen molar-refractivity contribution in [3.8, 4) is 0 Å². The number of sulfonamides is 1. The summed E-state index contributed by atoms with van der Waals surface area (Å²) in [5.74, 6) is -1.41. The lowest BCUT2D eigenvalue weighted by atomic mass is 10.1. The van der Waals surface area contributed by atoms with Crippen LogP contribution in [0.1, 0.15) is 20.8 Å². The van der Waals surface area contributed by atoms with Gasteiger partial charge in [-0.1, -0.05) is 29.8 Å². The Kier molecular flexibility index (Phi) is 7.30. The van der Waals surface area contributed by atoms with E-state index in [9.17, 15) is 22.4 Å². The number of nitrogens with one attached hydrogen (secondary N) is 1. The lowest BCUT2D eigenvalue weighted by Crippen LogP contribution is -2.61. The molecule has 0 radical (unpaired) electrons. The molecule has 1 aliphatic rings. The van der Waals surface area contributed by atoms with Crippen molar-refractivity contribution in [1.82, 2.24) is 9.21 Å². The number of amides is 2. The molecule has 178 valence electrons. The quantitative estimate of drug-likeness (QED) is 0.694. The highest BCUT2D eigenvalue weighted by atomic mass is 35.5. The molecule has 0 aromatic heterocycles. The fourth-order valence-electron chi connectivity index (χ4n) is 3.28. The first-order valence-electron chi connectivity index (χ1n) is 10.2. The van der Waals surface area contributed by atoms with Crippen LogP contribution in [0.5, 0.6) is 0 Å². The molecule has 33 heavy (non-hydrogen) atoms. The van der Waals surface area contributed by atoms with Gasteiger partial charge in [0.2, 0.25) is 15.9 Å². The first-order chi connectivity index (χ1) is 15.4. The molecule has 1 atom stereocenters. The molecule has 1 saturated heterocycles. The Hall–Kier alpha value is -2.69. The highest BCUT2D eigenvalue weighted by Gasteiger charge is 2.41. The highest BCUT2D eigenvalue weighted by molar-refractivity contribution is 7.89. The van der Waals surface area contributed by atoms with E-state index in [1.54, 1.807) is 39.0 Å². The van der Waals surface area contributed by atoms with Crippen molar-refractivity contribution in [2.75, 3.05) is 25.0 Å². The number of halogens is 2. The number of benzene rings is 2. The molecule has 8 nitrogen and oxygen atoms in total. The molecule has 11 heteroatoms. The first-order valence-corrected chi connectivity index (χ1v) is 12.0. The van der Waals surface area contributed by atoms with E-state index in [-0.39, 0.29) is 35.2 Å². The minimum absolute atomic E-state index is 0.0180. The maximum atomic E-state index is 13.8. The largest absolute Gasteiger partial charge is 0.444 e. The Morgan fingerprint density at radius 1 is 1.12 bits per heavy atom. The molecule has 2 aromatic rings. The molecule has 1 aliphatic heterocycles. The van der Waals surface area contributed by atoms with Crippen LogP contribution in [0.2, 0.25) is 5.02 Å². The number of ether oxygens (including phenoxy) is 1. The minimum atomic E-state index is -3.90. The lowest BCUT2D eigenvalue weighted by molar-refractivity contribution is -0.122. The molecule has 1 N–H and O–H groups in total. The van der Waals surface area contributed by atoms with E-state index in [2.05, 4.69) is 5.32 Å². The average Bonchev–Trinajstić information content (AvgIpc) is 2.75. The van der Waals surface area contributed by atoms with Gasteiger partial charge in [-0.15, -0.1) is 0 Å². The van der Waals surface area contributed by atoms with Gasteiger partial charge in [0.1, 0.15) is 17.5 Å². The number of carbonyl (C=O) groups excluding carboxylic acids is 2. The normalized spacial score (nSPS) is 17.5. The summed E-state index contributed by atoms with van der Waals surface area (Å²) < 4.78 is 46.6. The van der Waals surface area contributed by atoms with Gasteiger partial charge < -0.3 is 10.1 Å². The summed E-state index contributed by atoms with van der Waals surface area (Å²) in [6.07, 6.45) is -0.748. The Bertz CT molecular complexity index is 1140. The van der Waals surface area contributed by atoms with Crippen molar-refractivity contribution in [3.63, 3.8) is 0 Å². The molecule has 0 saturated carbocycles. The van der Waals surface area contributed by atoms with Crippen molar-refractivity contribution in [2.24, 2.45) is 0 Å². The Morgan fingerprint density at radius 3 is 2.39 bits per heavy atom. The zero-order chi connectivity index (χ0) is 24.4. The monoisotopic (exact) mass is 497 g/mol. The molecule has 1 unspecified atom stereocenters. The van der Waals surface area contributed by atoms with E-state index in [0.29, 0.717) is 0 Å². The number of carbonyl (C=O) groups is 2. The van der Waals surface area contributed by atoms with Crippen molar-refractivity contribution in [1.29, 1.82) is 0 Å². The zero-order valence-electron chi connectivity index (χ0n) is 18.4. The predicted molar refractivity (Wildman–Crippen MR) is 122 cm³/mol. The molecule has 1 fully saturated rings. The molecule has 0 spiro atoms. The number of hydrogen-bond donors (Lipinski definition) is 1. The molecule has 0 bridgehead atoms. The van der Waals surface area contributed by atoms with Gasteiger partial charge in [-0.2, -0.15) is 4.31 Å². The Labute approximate surface area is 197 Å². The fraction of sp³-hybridized carbons (Fsp3) is 0.364. The van der Waals surface area contributed by atoms with Crippen LogP contribution in [0.4, 0.5) is 14.9 Å². The van der Waals surface area contributed by atoms with E-state index in [1.807, 2.05) is 0 Å². The summed E-state index contributed by atoms with van der Waals surface area (Å²) in [6, 6.07) is 10.3. The summed E-state index contributed by atoms with van der Waals surface area (Å²) in [6.45, 7) is 4.69. The second-order valence-electron chi connectivity index (χ2n) is 8.48. The Balaban J connectivity index is 1.88. The number of hydrogen-bond acceptors (Lipinski definition) is 5. The van der Waals surface area contributed by atoms with Crippen LogP contribution >= 0.6 is 11.6 Å². The van der Waals surface area contributed by atoms with Crippen LogP contribution < -0.4 is 5.32 Å². The molecular weight excluding hydrogens is 473 g/mol. The van der Waals surface area contributed by atoms with Crippen LogP contribution in [-0.2, 0) is 19.6 Å². The third kappa shape index (κ3) is 6.01. The SMILES string of the molecule is CC(C)(C)OC(=O)N1CCN(S(=O)(=O)c2ccccc2)CC1C(=O)Nc1ccc(Cl)c(F)c1. The molecule has 0 aliphatic carbocycles. The van der Waals surface area contributed by atoms with Gasteiger partial charge in [0, 0.05) is 25.3 Å². The van der Waals surface area contributed by atoms with Gasteiger partial charge in [-0.3, -0.25) is 9.69 Å². The van der Waals surface area contributed by atoms with E-state index in [4.69, 9.17) is 16.3 Å². The van der Waals surface area contributed by atoms with Crippen LogP contribution in [0.25, 0.3) is 0 Å². The summed E-state index contributed by atoms with van der Waals surface area (Å²) in [4.78, 5) is 27.2. The van der Waals surface area contributed by atoms with E-state index < -0.39 is 39.5 Å². The van der Waals surface area contributed by atoms with E-state index in [1.165, 1.54) is 29.2 Å². The molecule has 1 heterocycles. The number of nitrogens with zero attached hydrogens (tertiary/aromatic N) is 2. The summed E-state index contributed by atoms with van der Waals surface area (Å²) >= 11 is 5.69. The standard InChI is InChI=1S/C22H25ClFN3O5S/c1-22(2,3)32-21(29)27-12-11-26(33(30,31)16-7-5-4-6-8-16)14-19(27)20(28)25-15-9-10-17(23)18(24)13-15/h4-10,13,19H,11-12,14H2,1-3H3,(H,25,28). The maximum Gasteiger partial charge on any atom is 0.411 e. The third-order valence-corrected chi connectivity index (χ3v) is 7.03. The van der Waals surface area contributed by atoms with Gasteiger partial charge >= 0.3 is 6.09 Å². The smallest absolute Gasteiger partial charge is 0.411 e. The van der Waals surface area contributed by atoms with Gasteiger partial charge in [0.25, 0.3) is 0 Å². The molecule has 2 amide bonds. The van der Waals surface area contributed by atoms with Gasteiger partial charge in [-0.05, 0) is 51.1 Å². The van der Waals surface area contributed by atoms with E-state index in [0.717, 1.165) is 10.4 Å². The van der Waals surface area contributed by atoms with Crippen molar-refractivity contribution < 1.29 is 27.1 Å². The fourth-order valence-corrected chi connectivity index (χ4v) is 4.86. The number of anilines is 1. The van der Waals surface area contributed by atoms with Gasteiger partial charge in [-0.25, -0.2) is 17.6 Å². The van der Waals surface area contributed by atoms with Crippen LogP contribution in [0, 0.1) is 5.82 Å². The topological polar surface area (TPSA) is 96.0 Å². The van der Waals surface area contributed by atoms with Gasteiger partial charge in [0.05, 0.1) is 9.92 Å². The summed E-state index contributed by atoms with van der Waals surface area (Å²) in [5.41, 5.74) is -0.695. The lowest BCUT2D eigenvalue weighted by Gasteiger charge is -2.40. The van der Waals surface area contributed by atoms with Crippen LogP contribution in [-0.4, -0.2) is 60.9 Å². The van der Waals surface area contributed by atoms with Gasteiger partial charge in [0.15, 0.2) is 0 Å². The minimum Gasteiger partial charge on any atom is -0.444 e. The maximum absolute atomic E-state index is 13.8. The van der Waals surface area contributed by atoms with Crippen molar-refractivity contribution in [2.45, 2.75) is 37.3 Å². The second kappa shape index (κ2) is 9.66. The molecule has 2 aromatic carbocycles. The number of piperazine rings is 1. The van der Waals surface area contributed by atoms with Crippen LogP contribution in [0.3, 0.4) is 0 Å². The third-order valence-electron chi connectivity index (χ3n) is 4.84.